The van der Waals surface area contributed by atoms with Gasteiger partial charge in [-0.1, -0.05) is 18.2 Å². The zero-order valence-corrected chi connectivity index (χ0v) is 18.3. The summed E-state index contributed by atoms with van der Waals surface area (Å²) < 4.78 is 7.40. The predicted octanol–water partition coefficient (Wildman–Crippen LogP) is 2.19. The molecule has 1 atom stereocenters. The molecule has 3 rings (SSSR count). The minimum absolute atomic E-state index is 0.246. The Labute approximate surface area is 179 Å². The van der Waals surface area contributed by atoms with Crippen LogP contribution in [0, 0.1) is 6.92 Å². The third-order valence-corrected chi connectivity index (χ3v) is 5.50. The van der Waals surface area contributed by atoms with Crippen molar-refractivity contribution in [1.82, 2.24) is 30.3 Å². The lowest BCUT2D eigenvalue weighted by Gasteiger charge is -2.29. The van der Waals surface area contributed by atoms with Crippen molar-refractivity contribution in [3.8, 4) is 5.75 Å². The number of hydrogen-bond donors (Lipinski definition) is 2. The molecule has 1 saturated heterocycles. The van der Waals surface area contributed by atoms with Crippen LogP contribution in [0.1, 0.15) is 36.1 Å². The van der Waals surface area contributed by atoms with Gasteiger partial charge in [-0.2, -0.15) is 0 Å². The van der Waals surface area contributed by atoms with E-state index >= 15 is 0 Å². The first-order valence-corrected chi connectivity index (χ1v) is 10.5. The van der Waals surface area contributed by atoms with Crippen molar-refractivity contribution < 1.29 is 4.74 Å². The molecule has 8 nitrogen and oxygen atoms in total. The summed E-state index contributed by atoms with van der Waals surface area (Å²) in [6.45, 7) is 9.78. The lowest BCUT2D eigenvalue weighted by atomic mass is 10.1. The standard InChI is InChI=1S/C22H33N7O/c1-5-11-23-22(25-16-21-27-26-17(2)28(21)3)24-15-20(29-12-6-7-13-29)18-9-8-10-19(14-18)30-4/h5,8-10,14,20H,1,6-7,11-13,15-16H2,2-4H3,(H2,23,24,25). The van der Waals surface area contributed by atoms with Crippen molar-refractivity contribution in [3.63, 3.8) is 0 Å². The van der Waals surface area contributed by atoms with Gasteiger partial charge in [0.15, 0.2) is 11.8 Å². The molecule has 2 heterocycles. The molecule has 0 bridgehead atoms. The number of nitrogens with one attached hydrogen (secondary N) is 2. The van der Waals surface area contributed by atoms with Crippen LogP contribution in [0.25, 0.3) is 0 Å². The molecule has 1 aromatic carbocycles. The third-order valence-electron chi connectivity index (χ3n) is 5.50. The summed E-state index contributed by atoms with van der Waals surface area (Å²) in [4.78, 5) is 7.24. The molecule has 0 spiro atoms. The molecule has 0 amide bonds. The third kappa shape index (κ3) is 5.60. The molecule has 30 heavy (non-hydrogen) atoms. The molecular weight excluding hydrogens is 378 g/mol. The van der Waals surface area contributed by atoms with Crippen molar-refractivity contribution >= 4 is 5.96 Å². The Morgan fingerprint density at radius 2 is 2.10 bits per heavy atom. The Kier molecular flexibility index (Phi) is 7.84. The van der Waals surface area contributed by atoms with Crippen LogP contribution in [-0.2, 0) is 13.6 Å². The maximum Gasteiger partial charge on any atom is 0.192 e. The average Bonchev–Trinajstić information content (AvgIpc) is 3.41. The first-order chi connectivity index (χ1) is 14.6. The van der Waals surface area contributed by atoms with Crippen LogP contribution in [0.3, 0.4) is 0 Å². The van der Waals surface area contributed by atoms with Crippen LogP contribution in [-0.4, -0.2) is 58.9 Å². The smallest absolute Gasteiger partial charge is 0.192 e. The second-order valence-corrected chi connectivity index (χ2v) is 7.47. The molecule has 0 saturated carbocycles. The molecule has 8 heteroatoms. The van der Waals surface area contributed by atoms with Crippen molar-refractivity contribution in [2.75, 3.05) is 33.3 Å². The van der Waals surface area contributed by atoms with E-state index in [4.69, 9.17) is 9.73 Å². The largest absolute Gasteiger partial charge is 0.497 e. The molecule has 2 N–H and O–H groups in total. The average molecular weight is 412 g/mol. The second kappa shape index (κ2) is 10.8. The zero-order valence-electron chi connectivity index (χ0n) is 18.3. The number of aliphatic imine (C=N–C) groups is 1. The van der Waals surface area contributed by atoms with Crippen LogP contribution in [0.2, 0.25) is 0 Å². The Morgan fingerprint density at radius 3 is 2.77 bits per heavy atom. The van der Waals surface area contributed by atoms with Gasteiger partial charge in [0.25, 0.3) is 0 Å². The lowest BCUT2D eigenvalue weighted by molar-refractivity contribution is 0.245. The van der Waals surface area contributed by atoms with Gasteiger partial charge in [-0.05, 0) is 50.6 Å². The van der Waals surface area contributed by atoms with Crippen LogP contribution < -0.4 is 15.4 Å². The quantitative estimate of drug-likeness (QED) is 0.374. The van der Waals surface area contributed by atoms with E-state index in [1.54, 1.807) is 7.11 Å². The van der Waals surface area contributed by atoms with Gasteiger partial charge in [-0.3, -0.25) is 4.90 Å². The molecule has 0 aliphatic carbocycles. The van der Waals surface area contributed by atoms with E-state index in [1.165, 1.54) is 18.4 Å². The number of benzene rings is 1. The lowest BCUT2D eigenvalue weighted by Crippen LogP contribution is -2.42. The van der Waals surface area contributed by atoms with Crippen molar-refractivity contribution in [2.45, 2.75) is 32.4 Å². The van der Waals surface area contributed by atoms with Crippen LogP contribution in [0.4, 0.5) is 0 Å². The van der Waals surface area contributed by atoms with Gasteiger partial charge in [0.1, 0.15) is 18.1 Å². The highest BCUT2D eigenvalue weighted by molar-refractivity contribution is 5.79. The predicted molar refractivity (Wildman–Crippen MR) is 120 cm³/mol. The topological polar surface area (TPSA) is 79.6 Å². The van der Waals surface area contributed by atoms with Crippen LogP contribution in [0.5, 0.6) is 5.75 Å². The van der Waals surface area contributed by atoms with Gasteiger partial charge in [0.2, 0.25) is 0 Å². The summed E-state index contributed by atoms with van der Waals surface area (Å²) in [5, 5.41) is 15.1. The maximum atomic E-state index is 5.45. The Balaban J connectivity index is 1.74. The summed E-state index contributed by atoms with van der Waals surface area (Å²) in [5.74, 6) is 3.33. The molecule has 1 unspecified atom stereocenters. The molecule has 1 aliphatic heterocycles. The number of aryl methyl sites for hydroxylation is 1. The summed E-state index contributed by atoms with van der Waals surface area (Å²) >= 11 is 0. The van der Waals surface area contributed by atoms with Crippen molar-refractivity contribution in [3.05, 3.63) is 54.1 Å². The fourth-order valence-corrected chi connectivity index (χ4v) is 3.63. The number of ether oxygens (including phenoxy) is 1. The van der Waals surface area contributed by atoms with E-state index in [2.05, 4.69) is 50.5 Å². The number of guanidine groups is 1. The molecule has 162 valence electrons. The minimum Gasteiger partial charge on any atom is -0.497 e. The van der Waals surface area contributed by atoms with Crippen LogP contribution in [0.15, 0.2) is 41.9 Å². The molecule has 0 radical (unpaired) electrons. The maximum absolute atomic E-state index is 5.45. The highest BCUT2D eigenvalue weighted by Crippen LogP contribution is 2.27. The van der Waals surface area contributed by atoms with E-state index in [1.807, 2.05) is 30.7 Å². The molecule has 1 aromatic heterocycles. The fraction of sp³-hybridized carbons (Fsp3) is 0.500. The second-order valence-electron chi connectivity index (χ2n) is 7.47. The Bertz CT molecular complexity index is 855. The highest BCUT2D eigenvalue weighted by atomic mass is 16.5. The number of nitrogens with zero attached hydrogens (tertiary/aromatic N) is 5. The highest BCUT2D eigenvalue weighted by Gasteiger charge is 2.24. The van der Waals surface area contributed by atoms with E-state index in [0.717, 1.165) is 43.0 Å². The van der Waals surface area contributed by atoms with Crippen molar-refractivity contribution in [1.29, 1.82) is 0 Å². The first-order valence-electron chi connectivity index (χ1n) is 10.5. The fourth-order valence-electron chi connectivity index (χ4n) is 3.63. The first kappa shape index (κ1) is 21.8. The van der Waals surface area contributed by atoms with E-state index in [0.29, 0.717) is 13.1 Å². The number of rotatable bonds is 9. The Morgan fingerprint density at radius 1 is 1.30 bits per heavy atom. The van der Waals surface area contributed by atoms with Gasteiger partial charge in [-0.25, -0.2) is 4.99 Å². The zero-order chi connectivity index (χ0) is 21.3. The number of hydrogen-bond acceptors (Lipinski definition) is 5. The SMILES string of the molecule is C=CCNC(=NCc1nnc(C)n1C)NCC(c1cccc(OC)c1)N1CCCC1. The van der Waals surface area contributed by atoms with Crippen molar-refractivity contribution in [2.24, 2.45) is 12.0 Å². The monoisotopic (exact) mass is 411 g/mol. The van der Waals surface area contributed by atoms with E-state index in [-0.39, 0.29) is 6.04 Å². The van der Waals surface area contributed by atoms with Gasteiger partial charge in [-0.15, -0.1) is 16.8 Å². The Hall–Kier alpha value is -2.87. The van der Waals surface area contributed by atoms with Gasteiger partial charge in [0, 0.05) is 20.1 Å². The van der Waals surface area contributed by atoms with E-state index < -0.39 is 0 Å². The van der Waals surface area contributed by atoms with Gasteiger partial charge in [0.05, 0.1) is 13.2 Å². The summed E-state index contributed by atoms with van der Waals surface area (Å²) in [6, 6.07) is 8.58. The number of aromatic nitrogens is 3. The van der Waals surface area contributed by atoms with E-state index in [9.17, 15) is 0 Å². The van der Waals surface area contributed by atoms with Gasteiger partial charge < -0.3 is 19.9 Å². The number of likely N-dealkylation sites (tertiary alicyclic amines) is 1. The molecule has 1 fully saturated rings. The minimum atomic E-state index is 0.246. The molecular formula is C22H33N7O. The summed E-state index contributed by atoms with van der Waals surface area (Å²) in [5.41, 5.74) is 1.25. The summed E-state index contributed by atoms with van der Waals surface area (Å²) in [6.07, 6.45) is 4.30. The normalized spacial score (nSPS) is 15.8. The molecule has 1 aliphatic rings. The number of methoxy groups -OCH3 is 1. The summed E-state index contributed by atoms with van der Waals surface area (Å²) in [7, 11) is 3.66. The van der Waals surface area contributed by atoms with Gasteiger partial charge >= 0.3 is 0 Å². The van der Waals surface area contributed by atoms with Crippen LogP contribution >= 0.6 is 0 Å². The molecule has 2 aromatic rings.